The van der Waals surface area contributed by atoms with Gasteiger partial charge in [0, 0.05) is 19.5 Å². The van der Waals surface area contributed by atoms with E-state index in [1.165, 1.54) is 4.57 Å². The minimum Gasteiger partial charge on any atom is -0.466 e. The van der Waals surface area contributed by atoms with E-state index < -0.39 is 5.76 Å². The van der Waals surface area contributed by atoms with Crippen molar-refractivity contribution in [2.75, 3.05) is 6.61 Å². The summed E-state index contributed by atoms with van der Waals surface area (Å²) in [5.74, 6) is -0.660. The summed E-state index contributed by atoms with van der Waals surface area (Å²) in [6, 6.07) is 5.08. The molecule has 0 aliphatic rings. The fourth-order valence-corrected chi connectivity index (χ4v) is 2.05. The number of aryl methyl sites for hydroxylation is 1. The maximum Gasteiger partial charge on any atom is 0.419 e. The van der Waals surface area contributed by atoms with Crippen LogP contribution in [0.1, 0.15) is 31.4 Å². The van der Waals surface area contributed by atoms with Crippen molar-refractivity contribution in [1.82, 2.24) is 4.57 Å². The van der Waals surface area contributed by atoms with E-state index in [4.69, 9.17) is 14.9 Å². The lowest BCUT2D eigenvalue weighted by molar-refractivity contribution is -0.143. The molecule has 0 fully saturated rings. The van der Waals surface area contributed by atoms with Gasteiger partial charge < -0.3 is 14.9 Å². The minimum absolute atomic E-state index is 0.254. The highest BCUT2D eigenvalue weighted by molar-refractivity contribution is 5.74. The molecule has 6 nitrogen and oxygen atoms in total. The summed E-state index contributed by atoms with van der Waals surface area (Å²) in [5.41, 5.74) is 8.09. The molecule has 6 heteroatoms. The second-order valence-corrected chi connectivity index (χ2v) is 4.60. The second-order valence-electron chi connectivity index (χ2n) is 4.60. The minimum atomic E-state index is -0.405. The summed E-state index contributed by atoms with van der Waals surface area (Å²) in [6.07, 6.45) is 0.757. The van der Waals surface area contributed by atoms with Crippen LogP contribution in [0.3, 0.4) is 0 Å². The van der Waals surface area contributed by atoms with Gasteiger partial charge in [-0.3, -0.25) is 9.36 Å². The SMILES string of the molecule is CCOC(=O)CCC(N)c1ccc2c(c1)oc(=O)n2C. The largest absolute Gasteiger partial charge is 0.466 e. The molecule has 0 saturated heterocycles. The van der Waals surface area contributed by atoms with Gasteiger partial charge in [-0.25, -0.2) is 4.79 Å². The van der Waals surface area contributed by atoms with Crippen molar-refractivity contribution in [3.05, 3.63) is 34.3 Å². The van der Waals surface area contributed by atoms with Crippen molar-refractivity contribution in [1.29, 1.82) is 0 Å². The van der Waals surface area contributed by atoms with Crippen molar-refractivity contribution in [2.24, 2.45) is 12.8 Å². The number of carbonyl (C=O) groups excluding carboxylic acids is 1. The normalized spacial score (nSPS) is 12.6. The highest BCUT2D eigenvalue weighted by atomic mass is 16.5. The van der Waals surface area contributed by atoms with Gasteiger partial charge >= 0.3 is 11.7 Å². The molecule has 2 N–H and O–H groups in total. The quantitative estimate of drug-likeness (QED) is 0.837. The third-order valence-electron chi connectivity index (χ3n) is 3.21. The number of oxazole rings is 1. The molecule has 0 aliphatic carbocycles. The lowest BCUT2D eigenvalue weighted by Crippen LogP contribution is -2.13. The smallest absolute Gasteiger partial charge is 0.419 e. The Labute approximate surface area is 116 Å². The van der Waals surface area contributed by atoms with E-state index in [0.717, 1.165) is 11.1 Å². The average Bonchev–Trinajstić information content (AvgIpc) is 2.71. The molecule has 2 aromatic rings. The number of hydrogen-bond donors (Lipinski definition) is 1. The summed E-state index contributed by atoms with van der Waals surface area (Å²) in [5, 5.41) is 0. The fourth-order valence-electron chi connectivity index (χ4n) is 2.05. The molecule has 0 spiro atoms. The molecule has 0 amide bonds. The number of aromatic nitrogens is 1. The number of hydrogen-bond acceptors (Lipinski definition) is 5. The molecule has 20 heavy (non-hydrogen) atoms. The van der Waals surface area contributed by atoms with E-state index in [1.807, 2.05) is 6.07 Å². The molecule has 0 saturated carbocycles. The van der Waals surface area contributed by atoms with Gasteiger partial charge in [0.1, 0.15) is 0 Å². The Balaban J connectivity index is 2.12. The Kier molecular flexibility index (Phi) is 4.24. The summed E-state index contributed by atoms with van der Waals surface area (Å²) >= 11 is 0. The molecule has 0 radical (unpaired) electrons. The number of benzene rings is 1. The van der Waals surface area contributed by atoms with Gasteiger partial charge in [0.05, 0.1) is 12.1 Å². The zero-order chi connectivity index (χ0) is 14.7. The van der Waals surface area contributed by atoms with Crippen LogP contribution in [0.4, 0.5) is 0 Å². The van der Waals surface area contributed by atoms with E-state index in [9.17, 15) is 9.59 Å². The molecule has 108 valence electrons. The fraction of sp³-hybridized carbons (Fsp3) is 0.429. The average molecular weight is 278 g/mol. The van der Waals surface area contributed by atoms with Crippen LogP contribution in [0.25, 0.3) is 11.1 Å². The Hall–Kier alpha value is -2.08. The summed E-state index contributed by atoms with van der Waals surface area (Å²) in [4.78, 5) is 22.7. The van der Waals surface area contributed by atoms with Crippen molar-refractivity contribution in [3.8, 4) is 0 Å². The highest BCUT2D eigenvalue weighted by Crippen LogP contribution is 2.21. The van der Waals surface area contributed by atoms with Gasteiger partial charge in [0.2, 0.25) is 0 Å². The number of fused-ring (bicyclic) bond motifs is 1. The van der Waals surface area contributed by atoms with Crippen LogP contribution in [-0.2, 0) is 16.6 Å². The van der Waals surface area contributed by atoms with E-state index >= 15 is 0 Å². The zero-order valence-electron chi connectivity index (χ0n) is 11.6. The molecule has 2 rings (SSSR count). The van der Waals surface area contributed by atoms with Crippen LogP contribution in [0.5, 0.6) is 0 Å². The van der Waals surface area contributed by atoms with E-state index in [-0.39, 0.29) is 18.4 Å². The first-order chi connectivity index (χ1) is 9.52. The number of nitrogens with zero attached hydrogens (tertiary/aromatic N) is 1. The van der Waals surface area contributed by atoms with Crippen LogP contribution >= 0.6 is 0 Å². The number of esters is 1. The molecule has 0 aliphatic heterocycles. The van der Waals surface area contributed by atoms with Gasteiger partial charge in [0.15, 0.2) is 5.58 Å². The maximum atomic E-state index is 11.4. The molecule has 1 atom stereocenters. The van der Waals surface area contributed by atoms with Crippen LogP contribution in [0, 0.1) is 0 Å². The number of rotatable bonds is 5. The second kappa shape index (κ2) is 5.92. The molecular formula is C14H18N2O4. The summed E-state index contributed by atoms with van der Waals surface area (Å²) in [6.45, 7) is 2.14. The Morgan fingerprint density at radius 2 is 2.25 bits per heavy atom. The lowest BCUT2D eigenvalue weighted by Gasteiger charge is -2.11. The molecule has 1 aromatic heterocycles. The lowest BCUT2D eigenvalue weighted by atomic mass is 10.0. The van der Waals surface area contributed by atoms with Gasteiger partial charge in [0.25, 0.3) is 0 Å². The van der Waals surface area contributed by atoms with Gasteiger partial charge in [-0.05, 0) is 31.0 Å². The van der Waals surface area contributed by atoms with Crippen molar-refractivity contribution in [3.63, 3.8) is 0 Å². The van der Waals surface area contributed by atoms with Crippen molar-refractivity contribution < 1.29 is 13.9 Å². The van der Waals surface area contributed by atoms with Gasteiger partial charge in [-0.15, -0.1) is 0 Å². The molecule has 0 bridgehead atoms. The predicted octanol–water partition coefficient (Wildman–Crippen LogP) is 1.47. The third-order valence-corrected chi connectivity index (χ3v) is 3.21. The monoisotopic (exact) mass is 278 g/mol. The Morgan fingerprint density at radius 3 is 2.95 bits per heavy atom. The maximum absolute atomic E-state index is 11.4. The van der Waals surface area contributed by atoms with Crippen LogP contribution in [0.15, 0.2) is 27.4 Å². The number of ether oxygens (including phenoxy) is 1. The third kappa shape index (κ3) is 2.91. The molecule has 1 aromatic carbocycles. The number of carbonyl (C=O) groups is 1. The van der Waals surface area contributed by atoms with Crippen LogP contribution in [0.2, 0.25) is 0 Å². The first-order valence-corrected chi connectivity index (χ1v) is 6.53. The molecule has 1 unspecified atom stereocenters. The van der Waals surface area contributed by atoms with E-state index in [2.05, 4.69) is 0 Å². The van der Waals surface area contributed by atoms with Gasteiger partial charge in [-0.2, -0.15) is 0 Å². The standard InChI is InChI=1S/C14H18N2O4/c1-3-19-13(17)7-5-10(15)9-4-6-11-12(8-9)20-14(18)16(11)2/h4,6,8,10H,3,5,7,15H2,1-2H3. The van der Waals surface area contributed by atoms with Crippen LogP contribution < -0.4 is 11.5 Å². The first-order valence-electron chi connectivity index (χ1n) is 6.53. The topological polar surface area (TPSA) is 87.5 Å². The predicted molar refractivity (Wildman–Crippen MR) is 74.3 cm³/mol. The molecular weight excluding hydrogens is 260 g/mol. The van der Waals surface area contributed by atoms with E-state index in [0.29, 0.717) is 18.6 Å². The zero-order valence-corrected chi connectivity index (χ0v) is 11.6. The van der Waals surface area contributed by atoms with Crippen LogP contribution in [-0.4, -0.2) is 17.1 Å². The summed E-state index contributed by atoms with van der Waals surface area (Å²) < 4.78 is 11.4. The highest BCUT2D eigenvalue weighted by Gasteiger charge is 2.13. The van der Waals surface area contributed by atoms with Crippen molar-refractivity contribution >= 4 is 17.1 Å². The Bertz CT molecular complexity index is 671. The molecule has 1 heterocycles. The Morgan fingerprint density at radius 1 is 1.50 bits per heavy atom. The first kappa shape index (κ1) is 14.3. The number of nitrogens with two attached hydrogens (primary N) is 1. The van der Waals surface area contributed by atoms with Gasteiger partial charge in [-0.1, -0.05) is 6.07 Å². The summed E-state index contributed by atoms with van der Waals surface area (Å²) in [7, 11) is 1.65. The van der Waals surface area contributed by atoms with Crippen molar-refractivity contribution in [2.45, 2.75) is 25.8 Å². The van der Waals surface area contributed by atoms with E-state index in [1.54, 1.807) is 26.1 Å².